The van der Waals surface area contributed by atoms with Crippen molar-refractivity contribution in [2.24, 2.45) is 5.10 Å². The van der Waals surface area contributed by atoms with E-state index in [1.807, 2.05) is 48.5 Å². The Morgan fingerprint density at radius 2 is 1.46 bits per heavy atom. The predicted octanol–water partition coefficient (Wildman–Crippen LogP) is 6.36. The molecule has 1 heterocycles. The summed E-state index contributed by atoms with van der Waals surface area (Å²) in [5.41, 5.74) is 4.55. The molecule has 2 nitrogen and oxygen atoms in total. The fourth-order valence-electron chi connectivity index (χ4n) is 3.16. The summed E-state index contributed by atoms with van der Waals surface area (Å²) >= 11 is 6.05. The maximum absolute atomic E-state index is 6.05. The Balaban J connectivity index is 1.65. The van der Waals surface area contributed by atoms with E-state index in [2.05, 4.69) is 53.6 Å². The smallest absolute Gasteiger partial charge is 0.0831 e. The van der Waals surface area contributed by atoms with Gasteiger partial charge in [0.05, 0.1) is 17.4 Å². The first-order chi connectivity index (χ1) is 12.8. The lowest BCUT2D eigenvalue weighted by Crippen LogP contribution is -2.18. The van der Waals surface area contributed by atoms with Crippen molar-refractivity contribution in [3.8, 4) is 0 Å². The summed E-state index contributed by atoms with van der Waals surface area (Å²) in [7, 11) is 0. The molecule has 1 unspecified atom stereocenters. The van der Waals surface area contributed by atoms with Gasteiger partial charge in [0.2, 0.25) is 0 Å². The molecular weight excluding hydrogens is 340 g/mol. The van der Waals surface area contributed by atoms with Crippen molar-refractivity contribution in [2.75, 3.05) is 5.01 Å². The lowest BCUT2D eigenvalue weighted by atomic mass is 10.0. The van der Waals surface area contributed by atoms with Crippen LogP contribution in [0.4, 0.5) is 5.69 Å². The molecule has 0 radical (unpaired) electrons. The van der Waals surface area contributed by atoms with Gasteiger partial charge in [0.25, 0.3) is 0 Å². The van der Waals surface area contributed by atoms with Gasteiger partial charge in [-0.05, 0) is 41.5 Å². The maximum atomic E-state index is 6.05. The van der Waals surface area contributed by atoms with Crippen LogP contribution in [0.1, 0.15) is 23.6 Å². The number of hydrogen-bond donors (Lipinski definition) is 0. The summed E-state index contributed by atoms with van der Waals surface area (Å²) in [5, 5.41) is 7.71. The second kappa shape index (κ2) is 7.59. The van der Waals surface area contributed by atoms with Gasteiger partial charge >= 0.3 is 0 Å². The zero-order chi connectivity index (χ0) is 17.8. The van der Waals surface area contributed by atoms with E-state index in [0.717, 1.165) is 22.8 Å². The quantitative estimate of drug-likeness (QED) is 0.529. The van der Waals surface area contributed by atoms with Crippen molar-refractivity contribution in [2.45, 2.75) is 12.5 Å². The molecule has 0 aliphatic carbocycles. The third-order valence-electron chi connectivity index (χ3n) is 4.48. The zero-order valence-corrected chi connectivity index (χ0v) is 15.1. The highest BCUT2D eigenvalue weighted by molar-refractivity contribution is 6.30. The average molecular weight is 359 g/mol. The van der Waals surface area contributed by atoms with Crippen LogP contribution in [0.2, 0.25) is 5.02 Å². The lowest BCUT2D eigenvalue weighted by Gasteiger charge is -2.24. The van der Waals surface area contributed by atoms with Gasteiger partial charge in [-0.25, -0.2) is 0 Å². The van der Waals surface area contributed by atoms with Crippen molar-refractivity contribution in [3.63, 3.8) is 0 Å². The number of halogens is 1. The minimum Gasteiger partial charge on any atom is -0.257 e. The van der Waals surface area contributed by atoms with Crippen molar-refractivity contribution in [1.29, 1.82) is 0 Å². The predicted molar refractivity (Wildman–Crippen MR) is 111 cm³/mol. The molecule has 1 aliphatic rings. The summed E-state index contributed by atoms with van der Waals surface area (Å²) in [6.07, 6.45) is 5.10. The minimum absolute atomic E-state index is 0.188. The molecule has 4 rings (SSSR count). The van der Waals surface area contributed by atoms with E-state index in [4.69, 9.17) is 16.7 Å². The summed E-state index contributed by atoms with van der Waals surface area (Å²) in [6.45, 7) is 0. The molecule has 0 spiro atoms. The van der Waals surface area contributed by atoms with Gasteiger partial charge in [-0.1, -0.05) is 78.3 Å². The summed E-state index contributed by atoms with van der Waals surface area (Å²) in [6, 6.07) is 28.9. The van der Waals surface area contributed by atoms with E-state index in [-0.39, 0.29) is 6.04 Å². The minimum atomic E-state index is 0.188. The van der Waals surface area contributed by atoms with E-state index >= 15 is 0 Å². The lowest BCUT2D eigenvalue weighted by molar-refractivity contribution is 0.709. The van der Waals surface area contributed by atoms with Gasteiger partial charge in [-0.15, -0.1) is 0 Å². The number of rotatable bonds is 4. The fourth-order valence-corrected chi connectivity index (χ4v) is 3.28. The Morgan fingerprint density at radius 1 is 0.808 bits per heavy atom. The van der Waals surface area contributed by atoms with E-state index in [9.17, 15) is 0 Å². The molecule has 128 valence electrons. The van der Waals surface area contributed by atoms with Crippen molar-refractivity contribution in [3.05, 3.63) is 107 Å². The molecule has 0 bridgehead atoms. The molecule has 3 heteroatoms. The highest BCUT2D eigenvalue weighted by Crippen LogP contribution is 2.35. The number of hydrogen-bond acceptors (Lipinski definition) is 2. The van der Waals surface area contributed by atoms with E-state index in [0.29, 0.717) is 0 Å². The van der Waals surface area contributed by atoms with Crippen LogP contribution < -0.4 is 5.01 Å². The van der Waals surface area contributed by atoms with Gasteiger partial charge in [0.1, 0.15) is 0 Å². The molecule has 3 aromatic rings. The zero-order valence-electron chi connectivity index (χ0n) is 14.3. The van der Waals surface area contributed by atoms with Crippen LogP contribution in [0, 0.1) is 0 Å². The highest BCUT2D eigenvalue weighted by atomic mass is 35.5. The first-order valence-electron chi connectivity index (χ1n) is 8.70. The molecular formula is C23H19ClN2. The third kappa shape index (κ3) is 3.71. The largest absolute Gasteiger partial charge is 0.257 e. The molecule has 0 amide bonds. The Kier molecular flexibility index (Phi) is 4.85. The van der Waals surface area contributed by atoms with Gasteiger partial charge in [-0.2, -0.15) is 5.10 Å². The molecule has 26 heavy (non-hydrogen) atoms. The molecule has 0 saturated heterocycles. The number of anilines is 1. The molecule has 1 aliphatic heterocycles. The van der Waals surface area contributed by atoms with Crippen LogP contribution in [0.15, 0.2) is 96.1 Å². The van der Waals surface area contributed by atoms with Gasteiger partial charge in [-0.3, -0.25) is 5.01 Å². The Morgan fingerprint density at radius 3 is 2.15 bits per heavy atom. The molecule has 0 N–H and O–H groups in total. The monoisotopic (exact) mass is 358 g/mol. The Bertz CT molecular complexity index is 915. The van der Waals surface area contributed by atoms with Gasteiger partial charge in [0, 0.05) is 11.4 Å². The molecule has 0 fully saturated rings. The standard InChI is InChI=1S/C23H19ClN2/c24-20-12-15-22(16-13-20)26-23(19-9-5-2-6-10-19)17-21(25-26)14-11-18-7-3-1-4-8-18/h1-16,23H,17H2/b14-11+. The summed E-state index contributed by atoms with van der Waals surface area (Å²) in [4.78, 5) is 0. The van der Waals surface area contributed by atoms with E-state index in [1.165, 1.54) is 11.1 Å². The van der Waals surface area contributed by atoms with Crippen LogP contribution in [0.3, 0.4) is 0 Å². The van der Waals surface area contributed by atoms with Crippen molar-refractivity contribution in [1.82, 2.24) is 0 Å². The third-order valence-corrected chi connectivity index (χ3v) is 4.73. The Hall–Kier alpha value is -2.84. The SMILES string of the molecule is Clc1ccc(N2N=C(/C=C/c3ccccc3)CC2c2ccccc2)cc1. The average Bonchev–Trinajstić information content (AvgIpc) is 3.13. The van der Waals surface area contributed by atoms with Gasteiger partial charge in [0.15, 0.2) is 0 Å². The van der Waals surface area contributed by atoms with Crippen LogP contribution in [0.25, 0.3) is 6.08 Å². The molecule has 3 aromatic carbocycles. The van der Waals surface area contributed by atoms with Gasteiger partial charge < -0.3 is 0 Å². The number of hydrazone groups is 1. The summed E-state index contributed by atoms with van der Waals surface area (Å²) in [5.74, 6) is 0. The Labute approximate surface area is 159 Å². The second-order valence-electron chi connectivity index (χ2n) is 6.29. The van der Waals surface area contributed by atoms with E-state index < -0.39 is 0 Å². The van der Waals surface area contributed by atoms with Crippen LogP contribution >= 0.6 is 11.6 Å². The number of benzene rings is 3. The highest BCUT2D eigenvalue weighted by Gasteiger charge is 2.27. The molecule has 1 atom stereocenters. The first kappa shape index (κ1) is 16.6. The van der Waals surface area contributed by atoms with E-state index in [1.54, 1.807) is 0 Å². The van der Waals surface area contributed by atoms with Crippen LogP contribution in [-0.2, 0) is 0 Å². The van der Waals surface area contributed by atoms with Crippen molar-refractivity contribution < 1.29 is 0 Å². The normalized spacial score (nSPS) is 16.9. The summed E-state index contributed by atoms with van der Waals surface area (Å²) < 4.78 is 0. The number of allylic oxidation sites excluding steroid dienone is 1. The fraction of sp³-hybridized carbons (Fsp3) is 0.0870. The van der Waals surface area contributed by atoms with Crippen LogP contribution in [0.5, 0.6) is 0 Å². The molecule has 0 aromatic heterocycles. The molecule has 0 saturated carbocycles. The van der Waals surface area contributed by atoms with Crippen LogP contribution in [-0.4, -0.2) is 5.71 Å². The number of nitrogens with zero attached hydrogens (tertiary/aromatic N) is 2. The second-order valence-corrected chi connectivity index (χ2v) is 6.72. The first-order valence-corrected chi connectivity index (χ1v) is 9.08. The maximum Gasteiger partial charge on any atom is 0.0831 e. The topological polar surface area (TPSA) is 15.6 Å². The van der Waals surface area contributed by atoms with Crippen molar-refractivity contribution >= 4 is 29.1 Å².